The summed E-state index contributed by atoms with van der Waals surface area (Å²) in [5.41, 5.74) is -0.340. The Labute approximate surface area is 83.3 Å². The molecule has 0 unspecified atom stereocenters. The van der Waals surface area contributed by atoms with Crippen LogP contribution in [0.25, 0.3) is 0 Å². The van der Waals surface area contributed by atoms with Crippen molar-refractivity contribution >= 4 is 18.6 Å². The molecule has 0 aliphatic rings. The van der Waals surface area contributed by atoms with Gasteiger partial charge in [0, 0.05) is 11.6 Å². The normalized spacial score (nSPS) is 11.5. The summed E-state index contributed by atoms with van der Waals surface area (Å²) in [6.45, 7) is 5.34. The zero-order valence-electron chi connectivity index (χ0n) is 8.56. The lowest BCUT2D eigenvalue weighted by molar-refractivity contribution is 0.0769. The van der Waals surface area contributed by atoms with Gasteiger partial charge in [0.25, 0.3) is 0 Å². The minimum absolute atomic E-state index is 0.161. The smallest absolute Gasteiger partial charge is 0.422 e. The van der Waals surface area contributed by atoms with Gasteiger partial charge < -0.3 is 10.0 Å². The van der Waals surface area contributed by atoms with Gasteiger partial charge >= 0.3 is 7.12 Å². The second-order valence-electron chi connectivity index (χ2n) is 4.23. The fourth-order valence-electron chi connectivity index (χ4n) is 1.15. The maximum atomic E-state index is 11.8. The van der Waals surface area contributed by atoms with Crippen LogP contribution in [0.1, 0.15) is 25.6 Å². The Bertz CT molecular complexity index is 338. The molecule has 1 aromatic rings. The highest BCUT2D eigenvalue weighted by Gasteiger charge is 2.27. The largest absolute Gasteiger partial charge is 0.506 e. The van der Waals surface area contributed by atoms with E-state index < -0.39 is 12.5 Å². The van der Waals surface area contributed by atoms with Gasteiger partial charge in [-0.25, -0.2) is 0 Å². The van der Waals surface area contributed by atoms with E-state index in [1.807, 2.05) is 0 Å². The van der Waals surface area contributed by atoms with E-state index in [4.69, 9.17) is 10.0 Å². The molecule has 0 aliphatic carbocycles. The molecule has 1 aromatic heterocycles. The van der Waals surface area contributed by atoms with Gasteiger partial charge in [-0.3, -0.25) is 9.36 Å². The molecule has 4 nitrogen and oxygen atoms in total. The zero-order valence-corrected chi connectivity index (χ0v) is 8.56. The number of hydrogen-bond acceptors (Lipinski definition) is 3. The zero-order chi connectivity index (χ0) is 10.9. The Morgan fingerprint density at radius 2 is 2.00 bits per heavy atom. The predicted molar refractivity (Wildman–Crippen MR) is 54.3 cm³/mol. The van der Waals surface area contributed by atoms with Gasteiger partial charge in [0.2, 0.25) is 5.91 Å². The number of carbonyl (C=O) groups is 1. The summed E-state index contributed by atoms with van der Waals surface area (Å²) in [4.78, 5) is 11.8. The highest BCUT2D eigenvalue weighted by molar-refractivity contribution is 6.58. The van der Waals surface area contributed by atoms with Gasteiger partial charge in [-0.15, -0.1) is 0 Å². The summed E-state index contributed by atoms with van der Waals surface area (Å²) in [6.07, 6.45) is 1.53. The van der Waals surface area contributed by atoms with Crippen LogP contribution in [0.3, 0.4) is 0 Å². The van der Waals surface area contributed by atoms with Crippen molar-refractivity contribution < 1.29 is 14.8 Å². The molecule has 2 N–H and O–H groups in total. The van der Waals surface area contributed by atoms with Crippen LogP contribution in [0.15, 0.2) is 18.3 Å². The summed E-state index contributed by atoms with van der Waals surface area (Å²) in [6, 6.07) is 3.12. The summed E-state index contributed by atoms with van der Waals surface area (Å²) in [7, 11) is -1.61. The Hall–Kier alpha value is -1.07. The number of rotatable bonds is 1. The lowest BCUT2D eigenvalue weighted by Crippen LogP contribution is -2.41. The first-order valence-corrected chi connectivity index (χ1v) is 4.42. The fraction of sp³-hybridized carbons (Fsp3) is 0.444. The molecule has 0 radical (unpaired) electrons. The highest BCUT2D eigenvalue weighted by atomic mass is 16.4. The molecule has 0 saturated carbocycles. The third kappa shape index (κ3) is 2.05. The van der Waals surface area contributed by atoms with Crippen molar-refractivity contribution in [3.05, 3.63) is 18.3 Å². The first-order valence-electron chi connectivity index (χ1n) is 4.42. The van der Waals surface area contributed by atoms with Gasteiger partial charge in [-0.1, -0.05) is 20.8 Å². The van der Waals surface area contributed by atoms with Crippen molar-refractivity contribution in [3.8, 4) is 0 Å². The topological polar surface area (TPSA) is 62.5 Å². The SMILES string of the molecule is CC(C)(C)C(=O)n1cccc1B(O)O. The van der Waals surface area contributed by atoms with Gasteiger partial charge in [0.15, 0.2) is 0 Å². The molecule has 0 amide bonds. The molecule has 1 heterocycles. The van der Waals surface area contributed by atoms with E-state index in [0.29, 0.717) is 0 Å². The number of hydrogen-bond donors (Lipinski definition) is 2. The van der Waals surface area contributed by atoms with Crippen molar-refractivity contribution in [2.45, 2.75) is 20.8 Å². The van der Waals surface area contributed by atoms with Gasteiger partial charge in [-0.05, 0) is 12.1 Å². The third-order valence-corrected chi connectivity index (χ3v) is 1.91. The number of nitrogens with zero attached hydrogens (tertiary/aromatic N) is 1. The van der Waals surface area contributed by atoms with Crippen LogP contribution in [0, 0.1) is 5.41 Å². The van der Waals surface area contributed by atoms with Crippen molar-refractivity contribution in [2.24, 2.45) is 5.41 Å². The average Bonchev–Trinajstić information content (AvgIpc) is 2.48. The lowest BCUT2D eigenvalue weighted by Gasteiger charge is -2.18. The van der Waals surface area contributed by atoms with E-state index in [1.165, 1.54) is 16.8 Å². The van der Waals surface area contributed by atoms with E-state index in [9.17, 15) is 4.79 Å². The second kappa shape index (κ2) is 3.59. The molecule has 14 heavy (non-hydrogen) atoms. The molecule has 0 fully saturated rings. The Balaban J connectivity index is 3.08. The maximum Gasteiger partial charge on any atom is 0.506 e. The summed E-state index contributed by atoms with van der Waals surface area (Å²) < 4.78 is 1.27. The quantitative estimate of drug-likeness (QED) is 0.612. The van der Waals surface area contributed by atoms with Crippen LogP contribution in [0.2, 0.25) is 0 Å². The Morgan fingerprint density at radius 3 is 2.43 bits per heavy atom. The minimum atomic E-state index is -1.61. The maximum absolute atomic E-state index is 11.8. The van der Waals surface area contributed by atoms with Crippen molar-refractivity contribution in [1.82, 2.24) is 4.57 Å². The summed E-state index contributed by atoms with van der Waals surface area (Å²) in [5.74, 6) is -0.161. The van der Waals surface area contributed by atoms with E-state index >= 15 is 0 Å². The number of aromatic nitrogens is 1. The highest BCUT2D eigenvalue weighted by Crippen LogP contribution is 2.15. The van der Waals surface area contributed by atoms with E-state index in [-0.39, 0.29) is 11.5 Å². The molecule has 0 bridgehead atoms. The van der Waals surface area contributed by atoms with Crippen LogP contribution < -0.4 is 5.59 Å². The van der Waals surface area contributed by atoms with Crippen molar-refractivity contribution in [2.75, 3.05) is 0 Å². The molecule has 1 rings (SSSR count). The number of carbonyl (C=O) groups excluding carboxylic acids is 1. The van der Waals surface area contributed by atoms with Crippen LogP contribution in [-0.2, 0) is 0 Å². The van der Waals surface area contributed by atoms with Gasteiger partial charge in [-0.2, -0.15) is 0 Å². The van der Waals surface area contributed by atoms with Crippen LogP contribution in [0.5, 0.6) is 0 Å². The first-order chi connectivity index (χ1) is 6.34. The molecule has 76 valence electrons. The van der Waals surface area contributed by atoms with E-state index in [2.05, 4.69) is 0 Å². The molecule has 0 aromatic carbocycles. The Kier molecular flexibility index (Phi) is 2.82. The second-order valence-corrected chi connectivity index (χ2v) is 4.23. The minimum Gasteiger partial charge on any atom is -0.422 e. The van der Waals surface area contributed by atoms with E-state index in [1.54, 1.807) is 26.8 Å². The molecule has 0 aliphatic heterocycles. The molecular weight excluding hydrogens is 181 g/mol. The fourth-order valence-corrected chi connectivity index (χ4v) is 1.15. The van der Waals surface area contributed by atoms with Crippen LogP contribution in [0.4, 0.5) is 0 Å². The van der Waals surface area contributed by atoms with Crippen LogP contribution in [-0.4, -0.2) is 27.6 Å². The van der Waals surface area contributed by atoms with E-state index in [0.717, 1.165) is 0 Å². The molecular formula is C9H14BNO3. The monoisotopic (exact) mass is 195 g/mol. The molecule has 0 atom stereocenters. The first kappa shape index (κ1) is 11.0. The van der Waals surface area contributed by atoms with Crippen LogP contribution >= 0.6 is 0 Å². The molecule has 5 heteroatoms. The average molecular weight is 195 g/mol. The lowest BCUT2D eigenvalue weighted by atomic mass is 9.85. The summed E-state index contributed by atoms with van der Waals surface area (Å²) in [5, 5.41) is 18.0. The Morgan fingerprint density at radius 1 is 1.43 bits per heavy atom. The predicted octanol–water partition coefficient (Wildman–Crippen LogP) is -0.146. The standard InChI is InChI=1S/C9H14BNO3/c1-9(2,3)8(12)11-6-4-5-7(11)10(13)14/h4-6,13-14H,1-3H3. The van der Waals surface area contributed by atoms with Gasteiger partial charge in [0.1, 0.15) is 0 Å². The molecule has 0 saturated heterocycles. The summed E-state index contributed by atoms with van der Waals surface area (Å²) >= 11 is 0. The molecule has 0 spiro atoms. The van der Waals surface area contributed by atoms with Gasteiger partial charge in [0.05, 0.1) is 5.59 Å². The third-order valence-electron chi connectivity index (χ3n) is 1.91. The van der Waals surface area contributed by atoms with Crippen molar-refractivity contribution in [3.63, 3.8) is 0 Å². The van der Waals surface area contributed by atoms with Crippen molar-refractivity contribution in [1.29, 1.82) is 0 Å².